The second kappa shape index (κ2) is 1.76. The van der Waals surface area contributed by atoms with E-state index in [9.17, 15) is 0 Å². The van der Waals surface area contributed by atoms with Crippen LogP contribution in [-0.2, 0) is 0 Å². The van der Waals surface area contributed by atoms with Gasteiger partial charge in [0.2, 0.25) is 0 Å². The summed E-state index contributed by atoms with van der Waals surface area (Å²) in [6.07, 6.45) is 6.11. The van der Waals surface area contributed by atoms with Crippen LogP contribution in [0.4, 0.5) is 0 Å². The van der Waals surface area contributed by atoms with Crippen LogP contribution in [0.15, 0.2) is 0 Å². The van der Waals surface area contributed by atoms with Crippen molar-refractivity contribution in [1.82, 2.24) is 4.90 Å². The molecule has 2 heterocycles. The highest BCUT2D eigenvalue weighted by Gasteiger charge is 2.46. The zero-order valence-corrected chi connectivity index (χ0v) is 6.42. The molecule has 4 bridgehead atoms. The van der Waals surface area contributed by atoms with Crippen LogP contribution in [0.3, 0.4) is 0 Å². The molecule has 56 valence electrons. The minimum absolute atomic E-state index is 1.04. The molecule has 3 rings (SSSR count). The SMILES string of the molecule is C1CC2C3CCN2CCC13. The molecule has 0 spiro atoms. The van der Waals surface area contributed by atoms with Gasteiger partial charge in [-0.2, -0.15) is 0 Å². The Morgan fingerprint density at radius 3 is 2.70 bits per heavy atom. The average Bonchev–Trinajstić information content (AvgIpc) is 2.36. The summed E-state index contributed by atoms with van der Waals surface area (Å²) in [5, 5.41) is 0. The second-order valence-corrected chi connectivity index (χ2v) is 4.18. The summed E-state index contributed by atoms with van der Waals surface area (Å²) in [4.78, 5) is 2.73. The highest BCUT2D eigenvalue weighted by Crippen LogP contribution is 2.47. The third kappa shape index (κ3) is 0.531. The lowest BCUT2D eigenvalue weighted by Gasteiger charge is -2.29. The van der Waals surface area contributed by atoms with Crippen LogP contribution in [0.5, 0.6) is 0 Å². The summed E-state index contributed by atoms with van der Waals surface area (Å²) >= 11 is 0. The Morgan fingerprint density at radius 1 is 0.900 bits per heavy atom. The molecule has 0 aromatic heterocycles. The van der Waals surface area contributed by atoms with Gasteiger partial charge in [0, 0.05) is 6.04 Å². The molecule has 1 heteroatoms. The topological polar surface area (TPSA) is 3.24 Å². The third-order valence-electron chi connectivity index (χ3n) is 3.94. The molecule has 2 saturated heterocycles. The Bertz CT molecular complexity index is 137. The van der Waals surface area contributed by atoms with Gasteiger partial charge in [-0.25, -0.2) is 0 Å². The molecule has 1 saturated carbocycles. The molecule has 2 aliphatic heterocycles. The van der Waals surface area contributed by atoms with Crippen molar-refractivity contribution in [2.75, 3.05) is 13.1 Å². The van der Waals surface area contributed by atoms with Gasteiger partial charge in [0.15, 0.2) is 0 Å². The molecule has 10 heavy (non-hydrogen) atoms. The number of piperidine rings is 1. The van der Waals surface area contributed by atoms with E-state index in [0.29, 0.717) is 0 Å². The maximum absolute atomic E-state index is 2.73. The highest BCUT2D eigenvalue weighted by molar-refractivity contribution is 5.00. The Balaban J connectivity index is 1.97. The third-order valence-corrected chi connectivity index (χ3v) is 3.94. The van der Waals surface area contributed by atoms with Crippen molar-refractivity contribution >= 4 is 0 Å². The van der Waals surface area contributed by atoms with Gasteiger partial charge in [-0.3, -0.25) is 0 Å². The summed E-state index contributed by atoms with van der Waals surface area (Å²) in [5.41, 5.74) is 0. The van der Waals surface area contributed by atoms with Gasteiger partial charge in [-0.05, 0) is 50.6 Å². The van der Waals surface area contributed by atoms with Crippen LogP contribution in [0, 0.1) is 11.8 Å². The van der Waals surface area contributed by atoms with Crippen molar-refractivity contribution < 1.29 is 0 Å². The van der Waals surface area contributed by atoms with E-state index in [-0.39, 0.29) is 0 Å². The van der Waals surface area contributed by atoms with Gasteiger partial charge in [-0.15, -0.1) is 0 Å². The number of hydrogen-bond donors (Lipinski definition) is 0. The smallest absolute Gasteiger partial charge is 0.0127 e. The zero-order chi connectivity index (χ0) is 6.55. The monoisotopic (exact) mass is 137 g/mol. The fourth-order valence-corrected chi connectivity index (χ4v) is 3.46. The van der Waals surface area contributed by atoms with Crippen molar-refractivity contribution in [1.29, 1.82) is 0 Å². The van der Waals surface area contributed by atoms with E-state index in [1.54, 1.807) is 6.42 Å². The van der Waals surface area contributed by atoms with Crippen LogP contribution < -0.4 is 0 Å². The Kier molecular flexibility index (Phi) is 0.984. The zero-order valence-electron chi connectivity index (χ0n) is 6.42. The number of nitrogens with zero attached hydrogens (tertiary/aromatic N) is 1. The number of rotatable bonds is 0. The van der Waals surface area contributed by atoms with Crippen LogP contribution in [0.25, 0.3) is 0 Å². The summed E-state index contributed by atoms with van der Waals surface area (Å²) in [7, 11) is 0. The summed E-state index contributed by atoms with van der Waals surface area (Å²) < 4.78 is 0. The molecule has 0 N–H and O–H groups in total. The molecule has 0 aromatic rings. The lowest BCUT2D eigenvalue weighted by Crippen LogP contribution is -2.35. The maximum Gasteiger partial charge on any atom is 0.0127 e. The minimum Gasteiger partial charge on any atom is -0.300 e. The van der Waals surface area contributed by atoms with Gasteiger partial charge in [0.05, 0.1) is 0 Å². The molecule has 0 amide bonds. The molecule has 3 fully saturated rings. The Hall–Kier alpha value is -0.0400. The average molecular weight is 137 g/mol. The van der Waals surface area contributed by atoms with Crippen LogP contribution >= 0.6 is 0 Å². The largest absolute Gasteiger partial charge is 0.300 e. The van der Waals surface area contributed by atoms with Gasteiger partial charge in [-0.1, -0.05) is 0 Å². The lowest BCUT2D eigenvalue weighted by molar-refractivity contribution is 0.181. The molecule has 4 atom stereocenters. The predicted octanol–water partition coefficient (Wildman–Crippen LogP) is 1.49. The van der Waals surface area contributed by atoms with Gasteiger partial charge in [0.1, 0.15) is 0 Å². The van der Waals surface area contributed by atoms with E-state index >= 15 is 0 Å². The van der Waals surface area contributed by atoms with Crippen LogP contribution in [0.1, 0.15) is 25.7 Å². The molecule has 1 aliphatic carbocycles. The molecule has 3 aliphatic rings. The predicted molar refractivity (Wildman–Crippen MR) is 40.8 cm³/mol. The fraction of sp³-hybridized carbons (Fsp3) is 1.00. The second-order valence-electron chi connectivity index (χ2n) is 4.18. The first kappa shape index (κ1) is 5.59. The van der Waals surface area contributed by atoms with E-state index in [1.807, 2.05) is 0 Å². The van der Waals surface area contributed by atoms with E-state index < -0.39 is 0 Å². The molecular weight excluding hydrogens is 122 g/mol. The summed E-state index contributed by atoms with van der Waals surface area (Å²) in [6.45, 7) is 2.84. The minimum atomic E-state index is 1.04. The van der Waals surface area contributed by atoms with Crippen molar-refractivity contribution in [2.24, 2.45) is 11.8 Å². The Morgan fingerprint density at radius 2 is 1.80 bits per heavy atom. The van der Waals surface area contributed by atoms with Crippen molar-refractivity contribution in [2.45, 2.75) is 31.7 Å². The molecule has 1 nitrogen and oxygen atoms in total. The van der Waals surface area contributed by atoms with E-state index in [4.69, 9.17) is 0 Å². The van der Waals surface area contributed by atoms with Gasteiger partial charge >= 0.3 is 0 Å². The van der Waals surface area contributed by atoms with Crippen LogP contribution in [-0.4, -0.2) is 24.0 Å². The lowest BCUT2D eigenvalue weighted by atomic mass is 9.89. The standard InChI is InChI=1S/C9H15N/c1-2-9-8-4-6-10(9)5-3-7(1)8/h7-9H,1-6H2. The van der Waals surface area contributed by atoms with E-state index in [2.05, 4.69) is 4.90 Å². The summed E-state index contributed by atoms with van der Waals surface area (Å²) in [6, 6.07) is 1.04. The van der Waals surface area contributed by atoms with Crippen molar-refractivity contribution in [3.63, 3.8) is 0 Å². The van der Waals surface area contributed by atoms with Gasteiger partial charge < -0.3 is 4.90 Å². The first-order chi connectivity index (χ1) is 4.95. The quantitative estimate of drug-likeness (QED) is 0.489. The first-order valence-electron chi connectivity index (χ1n) is 4.69. The first-order valence-corrected chi connectivity index (χ1v) is 4.69. The molecule has 0 aromatic carbocycles. The van der Waals surface area contributed by atoms with Crippen LogP contribution in [0.2, 0.25) is 0 Å². The van der Waals surface area contributed by atoms with Crippen molar-refractivity contribution in [3.8, 4) is 0 Å². The molecule has 0 radical (unpaired) electrons. The molecular formula is C9H15N. The fourth-order valence-electron chi connectivity index (χ4n) is 3.46. The van der Waals surface area contributed by atoms with Gasteiger partial charge in [0.25, 0.3) is 0 Å². The summed E-state index contributed by atoms with van der Waals surface area (Å²) in [5.74, 6) is 2.28. The number of hydrogen-bond acceptors (Lipinski definition) is 1. The maximum atomic E-state index is 2.73. The van der Waals surface area contributed by atoms with E-state index in [1.165, 1.54) is 32.4 Å². The van der Waals surface area contributed by atoms with Crippen molar-refractivity contribution in [3.05, 3.63) is 0 Å². The van der Waals surface area contributed by atoms with E-state index in [0.717, 1.165) is 17.9 Å². The highest BCUT2D eigenvalue weighted by atomic mass is 15.2. The molecule has 4 unspecified atom stereocenters. The normalized spacial score (nSPS) is 57.6. The Labute approximate surface area is 62.4 Å².